The number of hydrogen-bond donors (Lipinski definition) is 1. The Morgan fingerprint density at radius 1 is 1.50 bits per heavy atom. The maximum atomic E-state index is 5.34. The molecular weight excluding hydrogens is 234 g/mol. The van der Waals surface area contributed by atoms with Gasteiger partial charge in [-0.15, -0.1) is 11.3 Å². The number of thiophene rings is 1. The van der Waals surface area contributed by atoms with Crippen LogP contribution >= 0.6 is 23.1 Å². The Morgan fingerprint density at radius 3 is 3.00 bits per heavy atom. The van der Waals surface area contributed by atoms with Gasteiger partial charge >= 0.3 is 0 Å². The van der Waals surface area contributed by atoms with E-state index in [0.717, 1.165) is 17.2 Å². The lowest BCUT2D eigenvalue weighted by atomic mass is 10.2. The van der Waals surface area contributed by atoms with Crippen molar-refractivity contribution in [1.82, 2.24) is 0 Å². The molecule has 3 heteroatoms. The van der Waals surface area contributed by atoms with Crippen LogP contribution in [-0.4, -0.2) is 12.3 Å². The molecule has 0 radical (unpaired) electrons. The summed E-state index contributed by atoms with van der Waals surface area (Å²) in [4.78, 5) is 1.41. The molecule has 1 aromatic heterocycles. The van der Waals surface area contributed by atoms with Crippen LogP contribution in [0.2, 0.25) is 0 Å². The van der Waals surface area contributed by atoms with Crippen molar-refractivity contribution >= 4 is 23.1 Å². The average molecular weight is 253 g/mol. The van der Waals surface area contributed by atoms with Crippen LogP contribution in [0.4, 0.5) is 0 Å². The van der Waals surface area contributed by atoms with Crippen LogP contribution in [0.25, 0.3) is 0 Å². The lowest BCUT2D eigenvalue weighted by Gasteiger charge is -2.02. The van der Waals surface area contributed by atoms with E-state index in [2.05, 4.69) is 37.1 Å². The molecule has 16 heavy (non-hydrogen) atoms. The van der Waals surface area contributed by atoms with Crippen molar-refractivity contribution < 1.29 is 0 Å². The molecule has 0 aliphatic heterocycles. The van der Waals surface area contributed by atoms with Crippen molar-refractivity contribution in [3.8, 4) is 11.8 Å². The Kier molecular flexibility index (Phi) is 6.63. The highest BCUT2D eigenvalue weighted by Gasteiger charge is 1.99. The molecule has 0 spiro atoms. The second-order valence-corrected chi connectivity index (χ2v) is 6.14. The summed E-state index contributed by atoms with van der Waals surface area (Å²) in [5, 5.41) is 2.11. The minimum atomic E-state index is 0.439. The second kappa shape index (κ2) is 7.78. The maximum Gasteiger partial charge on any atom is 0.0555 e. The summed E-state index contributed by atoms with van der Waals surface area (Å²) < 4.78 is 0. The minimum Gasteiger partial charge on any atom is -0.320 e. The van der Waals surface area contributed by atoms with E-state index in [9.17, 15) is 0 Å². The number of nitrogens with two attached hydrogens (primary N) is 1. The molecule has 1 aromatic rings. The van der Waals surface area contributed by atoms with Gasteiger partial charge in [0.2, 0.25) is 0 Å². The van der Waals surface area contributed by atoms with Gasteiger partial charge in [0, 0.05) is 21.6 Å². The monoisotopic (exact) mass is 253 g/mol. The van der Waals surface area contributed by atoms with Gasteiger partial charge in [0.1, 0.15) is 0 Å². The van der Waals surface area contributed by atoms with Gasteiger partial charge < -0.3 is 5.73 Å². The largest absolute Gasteiger partial charge is 0.320 e. The Hall–Kier alpha value is -0.430. The van der Waals surface area contributed by atoms with Crippen LogP contribution in [0.5, 0.6) is 0 Å². The molecule has 0 atom stereocenters. The summed E-state index contributed by atoms with van der Waals surface area (Å²) in [6.07, 6.45) is 1.30. The van der Waals surface area contributed by atoms with Crippen LogP contribution in [0.15, 0.2) is 11.4 Å². The Morgan fingerprint density at radius 2 is 2.31 bits per heavy atom. The number of rotatable bonds is 5. The SMILES string of the molecule is CC(C)CCSCc1cc(C#CCN)cs1. The van der Waals surface area contributed by atoms with Gasteiger partial charge in [0.15, 0.2) is 0 Å². The van der Waals surface area contributed by atoms with Crippen LogP contribution in [-0.2, 0) is 5.75 Å². The molecule has 0 saturated carbocycles. The Balaban J connectivity index is 2.29. The van der Waals surface area contributed by atoms with Crippen LogP contribution < -0.4 is 5.73 Å². The van der Waals surface area contributed by atoms with E-state index < -0.39 is 0 Å². The molecule has 0 aliphatic carbocycles. The minimum absolute atomic E-state index is 0.439. The van der Waals surface area contributed by atoms with E-state index in [4.69, 9.17) is 5.73 Å². The van der Waals surface area contributed by atoms with Crippen molar-refractivity contribution in [2.45, 2.75) is 26.0 Å². The predicted octanol–water partition coefficient (Wildman–Crippen LogP) is 3.34. The Bertz CT molecular complexity index is 357. The Labute approximate surface area is 107 Å². The van der Waals surface area contributed by atoms with Gasteiger partial charge in [-0.3, -0.25) is 0 Å². The topological polar surface area (TPSA) is 26.0 Å². The summed E-state index contributed by atoms with van der Waals surface area (Å²) in [6.45, 7) is 4.98. The van der Waals surface area contributed by atoms with Gasteiger partial charge in [-0.25, -0.2) is 0 Å². The first kappa shape index (κ1) is 13.6. The zero-order valence-electron chi connectivity index (χ0n) is 9.95. The molecule has 0 bridgehead atoms. The summed E-state index contributed by atoms with van der Waals surface area (Å²) in [6, 6.07) is 2.18. The first-order valence-corrected chi connectivity index (χ1v) is 7.60. The van der Waals surface area contributed by atoms with Crippen LogP contribution in [0.1, 0.15) is 30.7 Å². The van der Waals surface area contributed by atoms with Gasteiger partial charge in [0.05, 0.1) is 6.54 Å². The number of thioether (sulfide) groups is 1. The molecular formula is C13H19NS2. The summed E-state index contributed by atoms with van der Waals surface area (Å²) in [5.41, 5.74) is 6.44. The zero-order chi connectivity index (χ0) is 11.8. The molecule has 0 saturated heterocycles. The molecule has 0 fully saturated rings. The molecule has 0 unspecified atom stereocenters. The third-order valence-electron chi connectivity index (χ3n) is 2.07. The van der Waals surface area contributed by atoms with Gasteiger partial charge in [-0.05, 0) is 24.2 Å². The first-order valence-electron chi connectivity index (χ1n) is 5.56. The molecule has 0 aliphatic rings. The van der Waals surface area contributed by atoms with E-state index in [-0.39, 0.29) is 0 Å². The highest BCUT2D eigenvalue weighted by atomic mass is 32.2. The van der Waals surface area contributed by atoms with Crippen molar-refractivity contribution in [3.05, 3.63) is 21.9 Å². The molecule has 2 N–H and O–H groups in total. The fraction of sp³-hybridized carbons (Fsp3) is 0.538. The van der Waals surface area contributed by atoms with E-state index in [1.165, 1.54) is 17.1 Å². The van der Waals surface area contributed by atoms with Crippen molar-refractivity contribution in [3.63, 3.8) is 0 Å². The molecule has 1 rings (SSSR count). The number of hydrogen-bond acceptors (Lipinski definition) is 3. The van der Waals surface area contributed by atoms with Crippen LogP contribution in [0, 0.1) is 17.8 Å². The molecule has 1 heterocycles. The summed E-state index contributed by atoms with van der Waals surface area (Å²) in [7, 11) is 0. The van der Waals surface area contributed by atoms with Crippen molar-refractivity contribution in [2.75, 3.05) is 12.3 Å². The van der Waals surface area contributed by atoms with E-state index >= 15 is 0 Å². The van der Waals surface area contributed by atoms with Crippen LogP contribution in [0.3, 0.4) is 0 Å². The lowest BCUT2D eigenvalue weighted by Crippen LogP contribution is -1.92. The highest BCUT2D eigenvalue weighted by molar-refractivity contribution is 7.98. The third-order valence-corrected chi connectivity index (χ3v) is 4.23. The highest BCUT2D eigenvalue weighted by Crippen LogP contribution is 2.21. The lowest BCUT2D eigenvalue weighted by molar-refractivity contribution is 0.632. The van der Waals surface area contributed by atoms with E-state index in [0.29, 0.717) is 6.54 Å². The third kappa shape index (κ3) is 5.60. The molecule has 0 amide bonds. The normalized spacial score (nSPS) is 10.2. The maximum absolute atomic E-state index is 5.34. The first-order chi connectivity index (χ1) is 7.72. The van der Waals surface area contributed by atoms with E-state index in [1.807, 2.05) is 11.8 Å². The average Bonchev–Trinajstić information content (AvgIpc) is 2.69. The zero-order valence-corrected chi connectivity index (χ0v) is 11.6. The molecule has 1 nitrogen and oxygen atoms in total. The summed E-state index contributed by atoms with van der Waals surface area (Å²) >= 11 is 3.80. The van der Waals surface area contributed by atoms with Crippen molar-refractivity contribution in [2.24, 2.45) is 11.7 Å². The van der Waals surface area contributed by atoms with Crippen molar-refractivity contribution in [1.29, 1.82) is 0 Å². The fourth-order valence-corrected chi connectivity index (χ4v) is 3.36. The predicted molar refractivity (Wildman–Crippen MR) is 75.9 cm³/mol. The second-order valence-electron chi connectivity index (χ2n) is 4.04. The summed E-state index contributed by atoms with van der Waals surface area (Å²) in [5.74, 6) is 9.11. The van der Waals surface area contributed by atoms with Gasteiger partial charge in [-0.1, -0.05) is 25.7 Å². The van der Waals surface area contributed by atoms with E-state index in [1.54, 1.807) is 11.3 Å². The van der Waals surface area contributed by atoms with Gasteiger partial charge in [-0.2, -0.15) is 11.8 Å². The van der Waals surface area contributed by atoms with Gasteiger partial charge in [0.25, 0.3) is 0 Å². The fourth-order valence-electron chi connectivity index (χ4n) is 1.17. The molecule has 88 valence electrons. The standard InChI is InChI=1S/C13H19NS2/c1-11(2)5-7-15-10-13-8-12(9-16-13)4-3-6-14/h8-9,11H,5-7,10,14H2,1-2H3. The quantitative estimate of drug-likeness (QED) is 0.643. The molecule has 0 aromatic carbocycles. The smallest absolute Gasteiger partial charge is 0.0555 e.